The summed E-state index contributed by atoms with van der Waals surface area (Å²) in [6, 6.07) is 5.53. The number of nitrogens with zero attached hydrogens (tertiary/aromatic N) is 3. The number of H-pyrrole nitrogens is 1. The van der Waals surface area contributed by atoms with E-state index >= 15 is 0 Å². The van der Waals surface area contributed by atoms with Gasteiger partial charge in [0.15, 0.2) is 0 Å². The molecule has 70 valence electrons. The van der Waals surface area contributed by atoms with Gasteiger partial charge in [-0.1, -0.05) is 18.3 Å². The first-order valence-electron chi connectivity index (χ1n) is 3.94. The Bertz CT molecular complexity index is 411. The van der Waals surface area contributed by atoms with Crippen molar-refractivity contribution in [3.05, 3.63) is 36.4 Å². The maximum absolute atomic E-state index is 5.11. The average molecular weight is 205 g/mol. The Kier molecular flexibility index (Phi) is 2.46. The van der Waals surface area contributed by atoms with Crippen LogP contribution in [0.4, 0.5) is 5.95 Å². The molecule has 0 saturated carbocycles. The van der Waals surface area contributed by atoms with Crippen LogP contribution in [0.3, 0.4) is 0 Å². The van der Waals surface area contributed by atoms with Crippen LogP contribution in [0.15, 0.2) is 30.7 Å². The molecular formula is C8H7N5S. The Hall–Kier alpha value is -1.82. The van der Waals surface area contributed by atoms with E-state index in [1.54, 1.807) is 6.20 Å². The van der Waals surface area contributed by atoms with E-state index in [2.05, 4.69) is 25.5 Å². The van der Waals surface area contributed by atoms with Gasteiger partial charge in [0.2, 0.25) is 5.95 Å². The number of anilines is 1. The highest BCUT2D eigenvalue weighted by molar-refractivity contribution is 7.81. The van der Waals surface area contributed by atoms with Gasteiger partial charge in [-0.15, -0.1) is 0 Å². The lowest BCUT2D eigenvalue weighted by Crippen LogP contribution is -2.12. The summed E-state index contributed by atoms with van der Waals surface area (Å²) in [5.74, 6) is 0.514. The molecule has 2 N–H and O–H groups in total. The lowest BCUT2D eigenvalue weighted by atomic mass is 10.3. The number of thiocarbonyl (C=S) groups is 1. The van der Waals surface area contributed by atoms with E-state index < -0.39 is 0 Å². The first-order valence-corrected chi connectivity index (χ1v) is 4.35. The van der Waals surface area contributed by atoms with Crippen molar-refractivity contribution in [1.82, 2.24) is 20.2 Å². The number of aromatic nitrogens is 4. The second-order valence-corrected chi connectivity index (χ2v) is 2.91. The Morgan fingerprint density at radius 2 is 2.29 bits per heavy atom. The van der Waals surface area contributed by atoms with Crippen LogP contribution in [-0.2, 0) is 0 Å². The molecule has 0 saturated heterocycles. The van der Waals surface area contributed by atoms with Crippen LogP contribution in [0, 0.1) is 0 Å². The van der Waals surface area contributed by atoms with Crippen LogP contribution in [0.1, 0.15) is 5.69 Å². The van der Waals surface area contributed by atoms with Crippen LogP contribution in [0.25, 0.3) is 0 Å². The van der Waals surface area contributed by atoms with Crippen molar-refractivity contribution in [1.29, 1.82) is 0 Å². The molecule has 6 heteroatoms. The second-order valence-electron chi connectivity index (χ2n) is 2.50. The van der Waals surface area contributed by atoms with Gasteiger partial charge < -0.3 is 5.32 Å². The van der Waals surface area contributed by atoms with Gasteiger partial charge in [0.05, 0.1) is 5.69 Å². The summed E-state index contributed by atoms with van der Waals surface area (Å²) in [4.78, 5) is 8.50. The fourth-order valence-electron chi connectivity index (χ4n) is 0.934. The quantitative estimate of drug-likeness (QED) is 0.715. The molecule has 2 rings (SSSR count). The van der Waals surface area contributed by atoms with E-state index in [1.165, 1.54) is 6.33 Å². The molecule has 0 unspecified atom stereocenters. The standard InChI is InChI=1S/C8H7N5S/c14-7(6-3-1-2-4-9-6)12-8-10-5-11-13-8/h1-5H,(H2,10,11,12,13,14). The highest BCUT2D eigenvalue weighted by atomic mass is 32.1. The average Bonchev–Trinajstić information content (AvgIpc) is 2.72. The molecule has 0 aliphatic rings. The zero-order valence-corrected chi connectivity index (χ0v) is 7.95. The molecule has 0 fully saturated rings. The lowest BCUT2D eigenvalue weighted by molar-refractivity contribution is 1.10. The number of hydrogen-bond donors (Lipinski definition) is 2. The predicted octanol–water partition coefficient (Wildman–Crippen LogP) is 0.987. The molecule has 0 spiro atoms. The van der Waals surface area contributed by atoms with Crippen molar-refractivity contribution in [2.45, 2.75) is 0 Å². The molecule has 0 aromatic carbocycles. The van der Waals surface area contributed by atoms with E-state index in [0.717, 1.165) is 0 Å². The van der Waals surface area contributed by atoms with Crippen LogP contribution in [-0.4, -0.2) is 25.2 Å². The third kappa shape index (κ3) is 1.91. The van der Waals surface area contributed by atoms with Crippen molar-refractivity contribution in [3.8, 4) is 0 Å². The van der Waals surface area contributed by atoms with E-state index in [0.29, 0.717) is 16.6 Å². The fourth-order valence-corrected chi connectivity index (χ4v) is 1.15. The minimum Gasteiger partial charge on any atom is -0.314 e. The molecule has 2 aromatic heterocycles. The number of hydrogen-bond acceptors (Lipinski definition) is 4. The molecule has 0 amide bonds. The molecule has 14 heavy (non-hydrogen) atoms. The summed E-state index contributed by atoms with van der Waals surface area (Å²) >= 11 is 5.11. The topological polar surface area (TPSA) is 66.5 Å². The van der Waals surface area contributed by atoms with Crippen LogP contribution >= 0.6 is 12.2 Å². The lowest BCUT2D eigenvalue weighted by Gasteiger charge is -2.02. The first kappa shape index (κ1) is 8.76. The third-order valence-corrected chi connectivity index (χ3v) is 1.86. The molecule has 2 aromatic rings. The summed E-state index contributed by atoms with van der Waals surface area (Å²) in [6.07, 6.45) is 3.09. The molecule has 0 aliphatic heterocycles. The van der Waals surface area contributed by atoms with Gasteiger partial charge >= 0.3 is 0 Å². The minimum atomic E-state index is 0.514. The summed E-state index contributed by atoms with van der Waals surface area (Å²) in [5, 5.41) is 9.22. The minimum absolute atomic E-state index is 0.514. The third-order valence-electron chi connectivity index (χ3n) is 1.54. The molecule has 5 nitrogen and oxygen atoms in total. The van der Waals surface area contributed by atoms with Crippen LogP contribution in [0.5, 0.6) is 0 Å². The zero-order chi connectivity index (χ0) is 9.80. The van der Waals surface area contributed by atoms with Gasteiger partial charge in [0.25, 0.3) is 0 Å². The van der Waals surface area contributed by atoms with E-state index in [1.807, 2.05) is 18.2 Å². The molecule has 2 heterocycles. The smallest absolute Gasteiger partial charge is 0.223 e. The Morgan fingerprint density at radius 3 is 2.93 bits per heavy atom. The van der Waals surface area contributed by atoms with Crippen molar-refractivity contribution in [2.75, 3.05) is 5.32 Å². The molecule has 0 radical (unpaired) electrons. The number of rotatable bonds is 2. The molecule has 0 atom stereocenters. The van der Waals surface area contributed by atoms with E-state index in [4.69, 9.17) is 12.2 Å². The highest BCUT2D eigenvalue weighted by Crippen LogP contribution is 2.00. The molecular weight excluding hydrogens is 198 g/mol. The van der Waals surface area contributed by atoms with E-state index in [-0.39, 0.29) is 0 Å². The van der Waals surface area contributed by atoms with Crippen molar-refractivity contribution >= 4 is 23.2 Å². The van der Waals surface area contributed by atoms with Crippen molar-refractivity contribution in [3.63, 3.8) is 0 Å². The van der Waals surface area contributed by atoms with Crippen molar-refractivity contribution in [2.24, 2.45) is 0 Å². The SMILES string of the molecule is S=C(Nc1ncn[nH]1)c1ccccn1. The van der Waals surface area contributed by atoms with Crippen LogP contribution in [0.2, 0.25) is 0 Å². The summed E-state index contributed by atoms with van der Waals surface area (Å²) < 4.78 is 0. The highest BCUT2D eigenvalue weighted by Gasteiger charge is 2.02. The summed E-state index contributed by atoms with van der Waals surface area (Å²) in [5.41, 5.74) is 0.707. The zero-order valence-electron chi connectivity index (χ0n) is 7.14. The Labute approximate surface area is 85.6 Å². The van der Waals surface area contributed by atoms with Crippen LogP contribution < -0.4 is 5.32 Å². The predicted molar refractivity (Wildman–Crippen MR) is 55.9 cm³/mol. The number of pyridine rings is 1. The normalized spacial score (nSPS) is 9.71. The second kappa shape index (κ2) is 3.93. The largest absolute Gasteiger partial charge is 0.314 e. The van der Waals surface area contributed by atoms with Gasteiger partial charge in [-0.2, -0.15) is 10.1 Å². The maximum atomic E-state index is 5.11. The van der Waals surface area contributed by atoms with Crippen molar-refractivity contribution < 1.29 is 0 Å². The van der Waals surface area contributed by atoms with Gasteiger partial charge in [-0.3, -0.25) is 4.98 Å². The summed E-state index contributed by atoms with van der Waals surface area (Å²) in [6.45, 7) is 0. The van der Waals surface area contributed by atoms with Gasteiger partial charge in [-0.25, -0.2) is 5.10 Å². The fraction of sp³-hybridized carbons (Fsp3) is 0. The number of aromatic amines is 1. The summed E-state index contributed by atoms with van der Waals surface area (Å²) in [7, 11) is 0. The molecule has 0 aliphatic carbocycles. The Balaban J connectivity index is 2.11. The Morgan fingerprint density at radius 1 is 1.36 bits per heavy atom. The molecule has 0 bridgehead atoms. The first-order chi connectivity index (χ1) is 6.86. The van der Waals surface area contributed by atoms with E-state index in [9.17, 15) is 0 Å². The van der Waals surface area contributed by atoms with Gasteiger partial charge in [0, 0.05) is 6.20 Å². The monoisotopic (exact) mass is 205 g/mol. The maximum Gasteiger partial charge on any atom is 0.223 e. The van der Waals surface area contributed by atoms with Gasteiger partial charge in [0.1, 0.15) is 11.3 Å². The van der Waals surface area contributed by atoms with Gasteiger partial charge in [-0.05, 0) is 12.1 Å². The number of nitrogens with one attached hydrogen (secondary N) is 2.